The first-order valence-electron chi connectivity index (χ1n) is 6.67. The standard InChI is InChI=1S/C13H23N3O3S/c1-4-7-14-13-11-12(6-8-15-13)20(17,18)16(2)9-5-10-19-3/h6,8,11H,4-5,7,9-10H2,1-3H3,(H,14,15). The molecule has 0 unspecified atom stereocenters. The second-order valence-corrected chi connectivity index (χ2v) is 6.52. The van der Waals surface area contributed by atoms with E-state index in [1.54, 1.807) is 20.2 Å². The van der Waals surface area contributed by atoms with E-state index >= 15 is 0 Å². The molecule has 0 aliphatic carbocycles. The molecule has 0 aromatic carbocycles. The van der Waals surface area contributed by atoms with E-state index in [9.17, 15) is 8.42 Å². The summed E-state index contributed by atoms with van der Waals surface area (Å²) >= 11 is 0. The zero-order valence-corrected chi connectivity index (χ0v) is 13.1. The highest BCUT2D eigenvalue weighted by Gasteiger charge is 2.20. The molecule has 1 N–H and O–H groups in total. The molecule has 1 rings (SSSR count). The van der Waals surface area contributed by atoms with Crippen LogP contribution in [0.4, 0.5) is 5.82 Å². The number of rotatable bonds is 9. The van der Waals surface area contributed by atoms with Crippen LogP contribution in [0.3, 0.4) is 0 Å². The summed E-state index contributed by atoms with van der Waals surface area (Å²) in [6.45, 7) is 3.77. The Labute approximate surface area is 121 Å². The summed E-state index contributed by atoms with van der Waals surface area (Å²) < 4.78 is 31.0. The van der Waals surface area contributed by atoms with E-state index in [0.717, 1.165) is 13.0 Å². The fourth-order valence-electron chi connectivity index (χ4n) is 1.65. The third kappa shape index (κ3) is 4.73. The van der Waals surface area contributed by atoms with E-state index in [1.807, 2.05) is 6.92 Å². The van der Waals surface area contributed by atoms with Crippen molar-refractivity contribution in [2.45, 2.75) is 24.7 Å². The molecule has 0 radical (unpaired) electrons. The smallest absolute Gasteiger partial charge is 0.243 e. The van der Waals surface area contributed by atoms with Gasteiger partial charge in [-0.1, -0.05) is 6.92 Å². The predicted molar refractivity (Wildman–Crippen MR) is 79.3 cm³/mol. The highest BCUT2D eigenvalue weighted by molar-refractivity contribution is 7.89. The van der Waals surface area contributed by atoms with Gasteiger partial charge < -0.3 is 10.1 Å². The zero-order chi connectivity index (χ0) is 15.0. The third-order valence-corrected chi connectivity index (χ3v) is 4.67. The van der Waals surface area contributed by atoms with Crippen LogP contribution in [-0.4, -0.2) is 51.6 Å². The molecule has 0 aliphatic rings. The second kappa shape index (κ2) is 8.18. The normalized spacial score (nSPS) is 11.8. The predicted octanol–water partition coefficient (Wildman–Crippen LogP) is 1.56. The summed E-state index contributed by atoms with van der Waals surface area (Å²) in [7, 11) is -0.295. The summed E-state index contributed by atoms with van der Waals surface area (Å²) in [5.74, 6) is 0.582. The van der Waals surface area contributed by atoms with E-state index in [4.69, 9.17) is 4.74 Å². The van der Waals surface area contributed by atoms with Crippen molar-refractivity contribution in [3.8, 4) is 0 Å². The number of methoxy groups -OCH3 is 1. The third-order valence-electron chi connectivity index (χ3n) is 2.82. The van der Waals surface area contributed by atoms with Gasteiger partial charge in [0, 0.05) is 46.1 Å². The van der Waals surface area contributed by atoms with Crippen molar-refractivity contribution in [1.29, 1.82) is 0 Å². The second-order valence-electron chi connectivity index (χ2n) is 4.48. The van der Waals surface area contributed by atoms with Gasteiger partial charge in [0.1, 0.15) is 5.82 Å². The van der Waals surface area contributed by atoms with Gasteiger partial charge in [-0.3, -0.25) is 0 Å². The molecular weight excluding hydrogens is 278 g/mol. The van der Waals surface area contributed by atoms with E-state index in [-0.39, 0.29) is 4.90 Å². The average molecular weight is 301 g/mol. The van der Waals surface area contributed by atoms with Gasteiger partial charge in [-0.2, -0.15) is 0 Å². The fraction of sp³-hybridized carbons (Fsp3) is 0.615. The van der Waals surface area contributed by atoms with Gasteiger partial charge in [0.05, 0.1) is 4.90 Å². The maximum atomic E-state index is 12.4. The molecule has 0 amide bonds. The lowest BCUT2D eigenvalue weighted by Gasteiger charge is -2.17. The monoisotopic (exact) mass is 301 g/mol. The molecule has 114 valence electrons. The van der Waals surface area contributed by atoms with Crippen molar-refractivity contribution in [2.24, 2.45) is 0 Å². The Morgan fingerprint density at radius 3 is 2.85 bits per heavy atom. The van der Waals surface area contributed by atoms with Gasteiger partial charge in [0.15, 0.2) is 0 Å². The van der Waals surface area contributed by atoms with Crippen molar-refractivity contribution in [1.82, 2.24) is 9.29 Å². The number of anilines is 1. The molecule has 0 saturated carbocycles. The fourth-order valence-corrected chi connectivity index (χ4v) is 2.88. The van der Waals surface area contributed by atoms with Gasteiger partial charge in [0.2, 0.25) is 10.0 Å². The lowest BCUT2D eigenvalue weighted by molar-refractivity contribution is 0.189. The average Bonchev–Trinajstić information content (AvgIpc) is 2.45. The summed E-state index contributed by atoms with van der Waals surface area (Å²) in [6.07, 6.45) is 3.13. The Bertz CT molecular complexity index is 505. The van der Waals surface area contributed by atoms with Gasteiger partial charge in [-0.15, -0.1) is 0 Å². The van der Waals surface area contributed by atoms with Crippen LogP contribution in [-0.2, 0) is 14.8 Å². The molecule has 0 aliphatic heterocycles. The van der Waals surface area contributed by atoms with Crippen LogP contribution in [0.1, 0.15) is 19.8 Å². The first-order chi connectivity index (χ1) is 9.52. The van der Waals surface area contributed by atoms with Crippen LogP contribution >= 0.6 is 0 Å². The van der Waals surface area contributed by atoms with Crippen LogP contribution in [0.25, 0.3) is 0 Å². The molecule has 0 bridgehead atoms. The molecule has 1 heterocycles. The number of hydrogen-bond acceptors (Lipinski definition) is 5. The topological polar surface area (TPSA) is 71.5 Å². The van der Waals surface area contributed by atoms with Crippen molar-refractivity contribution in [3.05, 3.63) is 18.3 Å². The Balaban J connectivity index is 2.80. The minimum atomic E-state index is -3.47. The molecule has 0 spiro atoms. The number of nitrogens with zero attached hydrogens (tertiary/aromatic N) is 2. The zero-order valence-electron chi connectivity index (χ0n) is 12.3. The van der Waals surface area contributed by atoms with Gasteiger partial charge in [-0.05, 0) is 18.9 Å². The van der Waals surface area contributed by atoms with Crippen molar-refractivity contribution in [3.63, 3.8) is 0 Å². The largest absolute Gasteiger partial charge is 0.385 e. The molecule has 0 saturated heterocycles. The molecule has 7 heteroatoms. The van der Waals surface area contributed by atoms with E-state index in [1.165, 1.54) is 16.6 Å². The quantitative estimate of drug-likeness (QED) is 0.701. The molecule has 0 atom stereocenters. The van der Waals surface area contributed by atoms with Crippen molar-refractivity contribution >= 4 is 15.8 Å². The number of nitrogens with one attached hydrogen (secondary N) is 1. The molecule has 6 nitrogen and oxygen atoms in total. The summed E-state index contributed by atoms with van der Waals surface area (Å²) in [4.78, 5) is 4.37. The first-order valence-corrected chi connectivity index (χ1v) is 8.11. The summed E-state index contributed by atoms with van der Waals surface area (Å²) in [6, 6.07) is 3.08. The molecule has 1 aromatic heterocycles. The molecular formula is C13H23N3O3S. The van der Waals surface area contributed by atoms with Crippen molar-refractivity contribution in [2.75, 3.05) is 39.2 Å². The van der Waals surface area contributed by atoms with Crippen molar-refractivity contribution < 1.29 is 13.2 Å². The molecule has 0 fully saturated rings. The minimum Gasteiger partial charge on any atom is -0.385 e. The van der Waals surface area contributed by atoms with Crippen LogP contribution in [0.5, 0.6) is 0 Å². The van der Waals surface area contributed by atoms with Gasteiger partial charge >= 0.3 is 0 Å². The first kappa shape index (κ1) is 16.9. The highest BCUT2D eigenvalue weighted by atomic mass is 32.2. The lowest BCUT2D eigenvalue weighted by atomic mass is 10.4. The van der Waals surface area contributed by atoms with E-state index in [2.05, 4.69) is 10.3 Å². The Morgan fingerprint density at radius 2 is 2.20 bits per heavy atom. The van der Waals surface area contributed by atoms with Crippen LogP contribution < -0.4 is 5.32 Å². The SMILES string of the molecule is CCCNc1cc(S(=O)(=O)N(C)CCCOC)ccn1. The maximum Gasteiger partial charge on any atom is 0.243 e. The molecule has 20 heavy (non-hydrogen) atoms. The Morgan fingerprint density at radius 1 is 1.45 bits per heavy atom. The van der Waals surface area contributed by atoms with Crippen LogP contribution in [0, 0.1) is 0 Å². The number of ether oxygens (including phenoxy) is 1. The Hall–Kier alpha value is -1.18. The number of aromatic nitrogens is 1. The highest BCUT2D eigenvalue weighted by Crippen LogP contribution is 2.17. The van der Waals surface area contributed by atoms with E-state index in [0.29, 0.717) is 25.4 Å². The number of hydrogen-bond donors (Lipinski definition) is 1. The van der Waals surface area contributed by atoms with Crippen LogP contribution in [0.15, 0.2) is 23.2 Å². The maximum absolute atomic E-state index is 12.4. The molecule has 1 aromatic rings. The Kier molecular flexibility index (Phi) is 6.90. The summed E-state index contributed by atoms with van der Waals surface area (Å²) in [5, 5.41) is 3.08. The summed E-state index contributed by atoms with van der Waals surface area (Å²) in [5.41, 5.74) is 0. The lowest BCUT2D eigenvalue weighted by Crippen LogP contribution is -2.28. The van der Waals surface area contributed by atoms with Crippen LogP contribution in [0.2, 0.25) is 0 Å². The minimum absolute atomic E-state index is 0.256. The van der Waals surface area contributed by atoms with Gasteiger partial charge in [-0.25, -0.2) is 17.7 Å². The number of sulfonamides is 1. The van der Waals surface area contributed by atoms with E-state index < -0.39 is 10.0 Å². The van der Waals surface area contributed by atoms with Gasteiger partial charge in [0.25, 0.3) is 0 Å². The number of pyridine rings is 1.